The maximum Gasteiger partial charge on any atom is 0.233 e. The minimum Gasteiger partial charge on any atom is -0.427 e. The predicted molar refractivity (Wildman–Crippen MR) is 28.3 cm³/mol. The number of aromatic nitrogens is 2. The Bertz CT molecular complexity index is 211. The topological polar surface area (TPSA) is 62.7 Å². The quantitative estimate of drug-likeness (QED) is 0.551. The van der Waals surface area contributed by atoms with Crippen molar-refractivity contribution in [1.29, 1.82) is 5.26 Å². The molecule has 0 aliphatic heterocycles. The summed E-state index contributed by atoms with van der Waals surface area (Å²) in [5.74, 6) is 0.0741. The highest BCUT2D eigenvalue weighted by Gasteiger charge is 2.07. The van der Waals surface area contributed by atoms with E-state index in [1.165, 1.54) is 6.39 Å². The van der Waals surface area contributed by atoms with Crippen LogP contribution in [0, 0.1) is 11.3 Å². The lowest BCUT2D eigenvalue weighted by Gasteiger charge is -1.88. The highest BCUT2D eigenvalue weighted by molar-refractivity contribution is 4.99. The number of nitriles is 1. The average Bonchev–Trinajstić information content (AvgIpc) is 2.37. The van der Waals surface area contributed by atoms with Gasteiger partial charge in [0.1, 0.15) is 5.92 Å². The van der Waals surface area contributed by atoms with Gasteiger partial charge in [-0.15, -0.1) is 10.2 Å². The largest absolute Gasteiger partial charge is 0.427 e. The highest BCUT2D eigenvalue weighted by atomic mass is 16.4. The van der Waals surface area contributed by atoms with E-state index < -0.39 is 0 Å². The van der Waals surface area contributed by atoms with Gasteiger partial charge in [0.25, 0.3) is 0 Å². The van der Waals surface area contributed by atoms with Gasteiger partial charge in [-0.1, -0.05) is 0 Å². The number of hydrogen-bond acceptors (Lipinski definition) is 4. The molecule has 0 saturated carbocycles. The van der Waals surface area contributed by atoms with Gasteiger partial charge < -0.3 is 4.42 Å². The molecular formula is C5H5N3O. The van der Waals surface area contributed by atoms with Crippen molar-refractivity contribution >= 4 is 0 Å². The second-order valence-corrected chi connectivity index (χ2v) is 1.63. The van der Waals surface area contributed by atoms with E-state index in [2.05, 4.69) is 10.2 Å². The van der Waals surface area contributed by atoms with E-state index in [4.69, 9.17) is 9.68 Å². The van der Waals surface area contributed by atoms with Crippen molar-refractivity contribution in [2.45, 2.75) is 12.8 Å². The van der Waals surface area contributed by atoms with Crippen LogP contribution in [0.2, 0.25) is 0 Å². The lowest BCUT2D eigenvalue weighted by Crippen LogP contribution is -1.88. The van der Waals surface area contributed by atoms with Crippen LogP contribution in [0.25, 0.3) is 0 Å². The van der Waals surface area contributed by atoms with E-state index in [9.17, 15) is 0 Å². The van der Waals surface area contributed by atoms with Crippen LogP contribution in [0.5, 0.6) is 0 Å². The molecule has 1 heterocycles. The van der Waals surface area contributed by atoms with Crippen molar-refractivity contribution in [3.8, 4) is 6.07 Å². The molecule has 0 fully saturated rings. The Hall–Kier alpha value is -1.37. The molecule has 1 unspecified atom stereocenters. The van der Waals surface area contributed by atoms with Gasteiger partial charge in [-0.3, -0.25) is 0 Å². The van der Waals surface area contributed by atoms with Crippen LogP contribution >= 0.6 is 0 Å². The third-order valence-electron chi connectivity index (χ3n) is 0.941. The molecule has 0 aliphatic carbocycles. The van der Waals surface area contributed by atoms with Gasteiger partial charge in [0, 0.05) is 0 Å². The summed E-state index contributed by atoms with van der Waals surface area (Å²) < 4.78 is 4.74. The molecular weight excluding hydrogens is 118 g/mol. The summed E-state index contributed by atoms with van der Waals surface area (Å²) in [5.41, 5.74) is 0. The molecule has 0 spiro atoms. The first-order valence-corrected chi connectivity index (χ1v) is 2.50. The summed E-state index contributed by atoms with van der Waals surface area (Å²) >= 11 is 0. The lowest BCUT2D eigenvalue weighted by atomic mass is 10.2. The zero-order valence-electron chi connectivity index (χ0n) is 4.90. The molecule has 4 nitrogen and oxygen atoms in total. The van der Waals surface area contributed by atoms with E-state index in [-0.39, 0.29) is 5.92 Å². The molecule has 46 valence electrons. The van der Waals surface area contributed by atoms with Crippen LogP contribution in [-0.2, 0) is 0 Å². The Labute approximate surface area is 52.1 Å². The molecule has 0 aromatic carbocycles. The summed E-state index contributed by atoms with van der Waals surface area (Å²) in [7, 11) is 0. The number of nitrogens with zero attached hydrogens (tertiary/aromatic N) is 3. The zero-order valence-corrected chi connectivity index (χ0v) is 4.90. The molecule has 4 heteroatoms. The molecule has 1 aromatic rings. The van der Waals surface area contributed by atoms with Crippen LogP contribution in [0.3, 0.4) is 0 Å². The van der Waals surface area contributed by atoms with E-state index in [1.807, 2.05) is 6.07 Å². The van der Waals surface area contributed by atoms with E-state index >= 15 is 0 Å². The van der Waals surface area contributed by atoms with Crippen LogP contribution in [0.4, 0.5) is 0 Å². The smallest absolute Gasteiger partial charge is 0.233 e. The Morgan fingerprint density at radius 2 is 2.67 bits per heavy atom. The Kier molecular flexibility index (Phi) is 1.45. The Morgan fingerprint density at radius 3 is 3.11 bits per heavy atom. The van der Waals surface area contributed by atoms with Crippen LogP contribution in [-0.4, -0.2) is 10.2 Å². The summed E-state index contributed by atoms with van der Waals surface area (Å²) in [4.78, 5) is 0. The molecule has 0 radical (unpaired) electrons. The van der Waals surface area contributed by atoms with Gasteiger partial charge in [-0.25, -0.2) is 0 Å². The van der Waals surface area contributed by atoms with Crippen LogP contribution in [0.1, 0.15) is 18.7 Å². The molecule has 0 amide bonds. The SMILES string of the molecule is CC(C#N)c1nnco1. The second kappa shape index (κ2) is 2.27. The zero-order chi connectivity index (χ0) is 6.69. The third-order valence-corrected chi connectivity index (χ3v) is 0.941. The van der Waals surface area contributed by atoms with Crippen LogP contribution in [0.15, 0.2) is 10.8 Å². The second-order valence-electron chi connectivity index (χ2n) is 1.63. The fourth-order valence-corrected chi connectivity index (χ4v) is 0.425. The first-order valence-electron chi connectivity index (χ1n) is 2.50. The summed E-state index contributed by atoms with van der Waals surface area (Å²) in [5, 5.41) is 15.3. The number of rotatable bonds is 1. The van der Waals surface area contributed by atoms with Gasteiger partial charge in [0.15, 0.2) is 0 Å². The van der Waals surface area contributed by atoms with E-state index in [0.29, 0.717) is 5.89 Å². The summed E-state index contributed by atoms with van der Waals surface area (Å²) in [6.45, 7) is 1.70. The fourth-order valence-electron chi connectivity index (χ4n) is 0.425. The normalized spacial score (nSPS) is 12.4. The Balaban J connectivity index is 2.80. The lowest BCUT2D eigenvalue weighted by molar-refractivity contribution is 0.485. The van der Waals surface area contributed by atoms with Crippen LogP contribution < -0.4 is 0 Å². The van der Waals surface area contributed by atoms with E-state index in [0.717, 1.165) is 0 Å². The summed E-state index contributed by atoms with van der Waals surface area (Å²) in [6.07, 6.45) is 1.21. The highest BCUT2D eigenvalue weighted by Crippen LogP contribution is 2.07. The molecule has 0 bridgehead atoms. The standard InChI is InChI=1S/C5H5N3O/c1-4(2-6)5-8-7-3-9-5/h3-4H,1H3. The molecule has 0 saturated heterocycles. The monoisotopic (exact) mass is 123 g/mol. The predicted octanol–water partition coefficient (Wildman–Crippen LogP) is 0.697. The maximum absolute atomic E-state index is 8.33. The van der Waals surface area contributed by atoms with Gasteiger partial charge in [-0.2, -0.15) is 5.26 Å². The van der Waals surface area contributed by atoms with Crippen molar-refractivity contribution < 1.29 is 4.42 Å². The van der Waals surface area contributed by atoms with Crippen molar-refractivity contribution in [3.63, 3.8) is 0 Å². The molecule has 1 atom stereocenters. The van der Waals surface area contributed by atoms with Gasteiger partial charge >= 0.3 is 0 Å². The molecule has 1 aromatic heterocycles. The third kappa shape index (κ3) is 1.05. The molecule has 1 rings (SSSR count). The maximum atomic E-state index is 8.33. The van der Waals surface area contributed by atoms with Crippen molar-refractivity contribution in [2.24, 2.45) is 0 Å². The van der Waals surface area contributed by atoms with Gasteiger partial charge in [0.2, 0.25) is 12.3 Å². The Morgan fingerprint density at radius 1 is 1.89 bits per heavy atom. The minimum absolute atomic E-state index is 0.299. The van der Waals surface area contributed by atoms with Gasteiger partial charge in [0.05, 0.1) is 6.07 Å². The fraction of sp³-hybridized carbons (Fsp3) is 0.400. The average molecular weight is 123 g/mol. The van der Waals surface area contributed by atoms with E-state index in [1.54, 1.807) is 6.92 Å². The first kappa shape index (κ1) is 5.76. The van der Waals surface area contributed by atoms with Crippen molar-refractivity contribution in [3.05, 3.63) is 12.3 Å². The molecule has 0 aliphatic rings. The minimum atomic E-state index is -0.299. The molecule has 0 N–H and O–H groups in total. The first-order chi connectivity index (χ1) is 4.34. The van der Waals surface area contributed by atoms with Crippen molar-refractivity contribution in [2.75, 3.05) is 0 Å². The molecule has 9 heavy (non-hydrogen) atoms. The van der Waals surface area contributed by atoms with Gasteiger partial charge in [-0.05, 0) is 6.92 Å². The van der Waals surface area contributed by atoms with Crippen molar-refractivity contribution in [1.82, 2.24) is 10.2 Å². The number of hydrogen-bond donors (Lipinski definition) is 0. The summed E-state index contributed by atoms with van der Waals surface area (Å²) in [6, 6.07) is 1.97.